The van der Waals surface area contributed by atoms with E-state index in [9.17, 15) is 9.18 Å². The molecular formula is C27H23FN4O3. The number of amides is 1. The lowest BCUT2D eigenvalue weighted by atomic mass is 10.1. The first-order valence-corrected chi connectivity index (χ1v) is 11.2. The smallest absolute Gasteiger partial charge is 0.298 e. The lowest BCUT2D eigenvalue weighted by molar-refractivity contribution is -0.124. The maximum absolute atomic E-state index is 14.4. The summed E-state index contributed by atoms with van der Waals surface area (Å²) in [6.45, 7) is 2.89. The van der Waals surface area contributed by atoms with E-state index in [1.807, 2.05) is 22.7 Å². The van der Waals surface area contributed by atoms with Crippen molar-refractivity contribution in [2.75, 3.05) is 20.2 Å². The van der Waals surface area contributed by atoms with E-state index in [0.29, 0.717) is 18.8 Å². The molecule has 2 aromatic carbocycles. The zero-order valence-electron chi connectivity index (χ0n) is 19.4. The zero-order valence-corrected chi connectivity index (χ0v) is 19.4. The fourth-order valence-electron chi connectivity index (χ4n) is 4.34. The molecule has 0 saturated carbocycles. The summed E-state index contributed by atoms with van der Waals surface area (Å²) in [5, 5.41) is 0. The highest BCUT2D eigenvalue weighted by Crippen LogP contribution is 2.34. The standard InChI is InChI=1S/C27H23FN4O3/c1-3-5-24(33)31-14-12-19(17-31)27-30-26(21-16-29-13-15-32(21)27)18-8-10-20(11-9-18)35-23-7-4-6-22(34-2)25(23)28/h4,6-11,13,15-16,19H,12,14,17H2,1-2H3. The fraction of sp³-hybridized carbons (Fsp3) is 0.222. The average Bonchev–Trinajstić information content (AvgIpc) is 3.51. The number of ether oxygens (including phenoxy) is 2. The van der Waals surface area contributed by atoms with Gasteiger partial charge in [0.05, 0.1) is 24.5 Å². The molecule has 176 valence electrons. The Bertz CT molecular complexity index is 1450. The Morgan fingerprint density at radius 3 is 2.74 bits per heavy atom. The Kier molecular flexibility index (Phi) is 6.06. The second-order valence-electron chi connectivity index (χ2n) is 8.16. The molecule has 5 rings (SSSR count). The van der Waals surface area contributed by atoms with Crippen LogP contribution in [0.25, 0.3) is 16.8 Å². The molecule has 0 aliphatic carbocycles. The Hall–Kier alpha value is -4.38. The van der Waals surface area contributed by atoms with E-state index in [1.54, 1.807) is 48.5 Å². The van der Waals surface area contributed by atoms with Gasteiger partial charge >= 0.3 is 0 Å². The number of benzene rings is 2. The molecule has 1 aliphatic heterocycles. The Morgan fingerprint density at radius 1 is 1.17 bits per heavy atom. The SMILES string of the molecule is CC#CC(=O)N1CCC(c2nc(-c3ccc(Oc4cccc(OC)c4F)cc3)c3cnccn23)C1. The van der Waals surface area contributed by atoms with Crippen molar-refractivity contribution in [3.63, 3.8) is 0 Å². The molecule has 0 radical (unpaired) electrons. The number of imidazole rings is 1. The predicted octanol–water partition coefficient (Wildman–Crippen LogP) is 4.68. The zero-order chi connectivity index (χ0) is 24.4. The van der Waals surface area contributed by atoms with Gasteiger partial charge in [-0.3, -0.25) is 14.2 Å². The highest BCUT2D eigenvalue weighted by molar-refractivity contribution is 5.93. The molecule has 0 bridgehead atoms. The van der Waals surface area contributed by atoms with Gasteiger partial charge < -0.3 is 14.4 Å². The monoisotopic (exact) mass is 470 g/mol. The lowest BCUT2D eigenvalue weighted by Gasteiger charge is -2.12. The number of nitrogens with zero attached hydrogens (tertiary/aromatic N) is 4. The number of methoxy groups -OCH3 is 1. The summed E-state index contributed by atoms with van der Waals surface area (Å²) in [7, 11) is 1.41. The summed E-state index contributed by atoms with van der Waals surface area (Å²) in [6, 6.07) is 12.1. The van der Waals surface area contributed by atoms with Gasteiger partial charge in [0.2, 0.25) is 5.82 Å². The first-order chi connectivity index (χ1) is 17.1. The quantitative estimate of drug-likeness (QED) is 0.397. The third-order valence-corrected chi connectivity index (χ3v) is 6.05. The molecule has 35 heavy (non-hydrogen) atoms. The first kappa shape index (κ1) is 22.4. The van der Waals surface area contributed by atoms with Crippen LogP contribution < -0.4 is 9.47 Å². The van der Waals surface area contributed by atoms with Gasteiger partial charge in [-0.2, -0.15) is 4.39 Å². The van der Waals surface area contributed by atoms with Crippen molar-refractivity contribution in [1.82, 2.24) is 19.3 Å². The molecule has 4 aromatic rings. The molecule has 3 heterocycles. The third kappa shape index (κ3) is 4.28. The molecule has 1 saturated heterocycles. The van der Waals surface area contributed by atoms with Crippen LogP contribution in [-0.2, 0) is 4.79 Å². The van der Waals surface area contributed by atoms with Gasteiger partial charge in [0.15, 0.2) is 11.5 Å². The summed E-state index contributed by atoms with van der Waals surface area (Å²) < 4.78 is 27.2. The number of halogens is 1. The highest BCUT2D eigenvalue weighted by Gasteiger charge is 2.30. The van der Waals surface area contributed by atoms with Gasteiger partial charge in [-0.05, 0) is 55.7 Å². The number of carbonyl (C=O) groups excluding carboxylic acids is 1. The molecule has 0 spiro atoms. The fourth-order valence-corrected chi connectivity index (χ4v) is 4.34. The van der Waals surface area contributed by atoms with E-state index in [2.05, 4.69) is 16.8 Å². The van der Waals surface area contributed by atoms with Crippen LogP contribution >= 0.6 is 0 Å². The Labute approximate surface area is 202 Å². The summed E-state index contributed by atoms with van der Waals surface area (Å²) in [4.78, 5) is 23.2. The van der Waals surface area contributed by atoms with Crippen molar-refractivity contribution in [3.05, 3.63) is 72.7 Å². The van der Waals surface area contributed by atoms with Gasteiger partial charge in [-0.15, -0.1) is 0 Å². The van der Waals surface area contributed by atoms with Crippen LogP contribution in [0.1, 0.15) is 25.1 Å². The second-order valence-corrected chi connectivity index (χ2v) is 8.16. The number of likely N-dealkylation sites (tertiary alicyclic amines) is 1. The molecule has 1 amide bonds. The van der Waals surface area contributed by atoms with E-state index in [1.165, 1.54) is 13.2 Å². The molecule has 1 aliphatic rings. The molecule has 1 fully saturated rings. The number of hydrogen-bond donors (Lipinski definition) is 0. The third-order valence-electron chi connectivity index (χ3n) is 6.05. The van der Waals surface area contributed by atoms with Crippen LogP contribution in [0.4, 0.5) is 4.39 Å². The minimum absolute atomic E-state index is 0.0872. The van der Waals surface area contributed by atoms with E-state index >= 15 is 0 Å². The van der Waals surface area contributed by atoms with Gasteiger partial charge in [0.25, 0.3) is 5.91 Å². The minimum Gasteiger partial charge on any atom is -0.494 e. The van der Waals surface area contributed by atoms with Gasteiger partial charge in [0, 0.05) is 37.0 Å². The van der Waals surface area contributed by atoms with Crippen molar-refractivity contribution < 1.29 is 18.7 Å². The number of hydrogen-bond acceptors (Lipinski definition) is 5. The van der Waals surface area contributed by atoms with Crippen molar-refractivity contribution in [3.8, 4) is 40.3 Å². The van der Waals surface area contributed by atoms with Crippen molar-refractivity contribution in [2.24, 2.45) is 0 Å². The van der Waals surface area contributed by atoms with Crippen molar-refractivity contribution in [1.29, 1.82) is 0 Å². The van der Waals surface area contributed by atoms with Crippen molar-refractivity contribution in [2.45, 2.75) is 19.3 Å². The van der Waals surface area contributed by atoms with Crippen LogP contribution in [0.3, 0.4) is 0 Å². The number of rotatable bonds is 5. The topological polar surface area (TPSA) is 69.0 Å². The summed E-state index contributed by atoms with van der Waals surface area (Å²) in [6.07, 6.45) is 6.21. The van der Waals surface area contributed by atoms with E-state index in [0.717, 1.165) is 29.0 Å². The van der Waals surface area contributed by atoms with Crippen LogP contribution in [0.2, 0.25) is 0 Å². The van der Waals surface area contributed by atoms with Gasteiger partial charge in [0.1, 0.15) is 11.6 Å². The van der Waals surface area contributed by atoms with Crippen LogP contribution in [0.15, 0.2) is 61.1 Å². The van der Waals surface area contributed by atoms with Crippen molar-refractivity contribution >= 4 is 11.4 Å². The number of carbonyl (C=O) groups is 1. The average molecular weight is 471 g/mol. The maximum atomic E-state index is 14.4. The number of fused-ring (bicyclic) bond motifs is 1. The second kappa shape index (κ2) is 9.47. The minimum atomic E-state index is -0.552. The molecule has 2 aromatic heterocycles. The molecule has 7 nitrogen and oxygen atoms in total. The largest absolute Gasteiger partial charge is 0.494 e. The molecule has 1 unspecified atom stereocenters. The number of aromatic nitrogens is 3. The summed E-state index contributed by atoms with van der Waals surface area (Å²) in [5.41, 5.74) is 2.53. The predicted molar refractivity (Wildman–Crippen MR) is 129 cm³/mol. The first-order valence-electron chi connectivity index (χ1n) is 11.2. The van der Waals surface area contributed by atoms with Gasteiger partial charge in [-0.1, -0.05) is 12.0 Å². The van der Waals surface area contributed by atoms with Gasteiger partial charge in [-0.25, -0.2) is 4.98 Å². The lowest BCUT2D eigenvalue weighted by Crippen LogP contribution is -2.27. The van der Waals surface area contributed by atoms with Crippen LogP contribution in [0.5, 0.6) is 17.2 Å². The highest BCUT2D eigenvalue weighted by atomic mass is 19.1. The van der Waals surface area contributed by atoms with E-state index < -0.39 is 5.82 Å². The van der Waals surface area contributed by atoms with Crippen LogP contribution in [-0.4, -0.2) is 45.4 Å². The van der Waals surface area contributed by atoms with Crippen LogP contribution in [0, 0.1) is 17.7 Å². The molecule has 1 atom stereocenters. The molecular weight excluding hydrogens is 447 g/mol. The molecule has 0 N–H and O–H groups in total. The Balaban J connectivity index is 1.43. The Morgan fingerprint density at radius 2 is 1.97 bits per heavy atom. The van der Waals surface area contributed by atoms with E-state index in [-0.39, 0.29) is 23.3 Å². The summed E-state index contributed by atoms with van der Waals surface area (Å²) in [5.74, 6) is 6.27. The summed E-state index contributed by atoms with van der Waals surface area (Å²) >= 11 is 0. The van der Waals surface area contributed by atoms with E-state index in [4.69, 9.17) is 14.5 Å². The molecule has 8 heteroatoms. The maximum Gasteiger partial charge on any atom is 0.298 e. The normalized spacial score (nSPS) is 15.1.